The molecule has 0 N–H and O–H groups in total. The van der Waals surface area contributed by atoms with E-state index < -0.39 is 0 Å². The molecule has 0 saturated carbocycles. The molecule has 0 saturated heterocycles. The Bertz CT molecular complexity index is 557. The number of ether oxygens (including phenoxy) is 2. The second kappa shape index (κ2) is 8.27. The van der Waals surface area contributed by atoms with Crippen LogP contribution in [0.25, 0.3) is 0 Å². The van der Waals surface area contributed by atoms with Crippen LogP contribution < -0.4 is 4.74 Å². The van der Waals surface area contributed by atoms with Crippen molar-refractivity contribution >= 4 is 17.6 Å². The van der Waals surface area contributed by atoms with Crippen molar-refractivity contribution in [1.82, 2.24) is 4.98 Å². The average Bonchev–Trinajstić information content (AvgIpc) is 2.52. The quantitative estimate of drug-likeness (QED) is 0.579. The van der Waals surface area contributed by atoms with Gasteiger partial charge in [-0.3, -0.25) is 9.78 Å². The molecule has 0 radical (unpaired) electrons. The largest absolute Gasteiger partial charge is 0.494 e. The topological polar surface area (TPSA) is 48.4 Å². The lowest BCUT2D eigenvalue weighted by atomic mass is 10.3. The highest BCUT2D eigenvalue weighted by Crippen LogP contribution is 2.15. The van der Waals surface area contributed by atoms with E-state index in [1.165, 1.54) is 0 Å². The van der Waals surface area contributed by atoms with Crippen LogP contribution in [0, 0.1) is 0 Å². The second-order valence-corrected chi connectivity index (χ2v) is 4.82. The first-order chi connectivity index (χ1) is 10.2. The van der Waals surface area contributed by atoms with Crippen molar-refractivity contribution in [3.63, 3.8) is 0 Å². The van der Waals surface area contributed by atoms with Crippen molar-refractivity contribution < 1.29 is 14.3 Å². The van der Waals surface area contributed by atoms with Crippen LogP contribution in [0.3, 0.4) is 0 Å². The molecule has 0 aliphatic carbocycles. The molecule has 0 amide bonds. The van der Waals surface area contributed by atoms with Crippen LogP contribution in [-0.2, 0) is 16.1 Å². The third-order valence-corrected chi connectivity index (χ3v) is 2.97. The van der Waals surface area contributed by atoms with E-state index in [0.29, 0.717) is 24.5 Å². The van der Waals surface area contributed by atoms with Gasteiger partial charge in [0.15, 0.2) is 0 Å². The van der Waals surface area contributed by atoms with Crippen molar-refractivity contribution in [1.29, 1.82) is 0 Å². The summed E-state index contributed by atoms with van der Waals surface area (Å²) in [4.78, 5) is 15.6. The molecule has 1 heterocycles. The van der Waals surface area contributed by atoms with Crippen molar-refractivity contribution in [2.24, 2.45) is 0 Å². The number of pyridine rings is 1. The zero-order chi connectivity index (χ0) is 14.9. The second-order valence-electron chi connectivity index (χ2n) is 4.39. The molecule has 0 spiro atoms. The van der Waals surface area contributed by atoms with E-state index in [-0.39, 0.29) is 12.6 Å². The Morgan fingerprint density at radius 1 is 1.14 bits per heavy atom. The Kier molecular flexibility index (Phi) is 6.03. The van der Waals surface area contributed by atoms with Crippen molar-refractivity contribution in [2.75, 3.05) is 6.61 Å². The number of benzene rings is 1. The van der Waals surface area contributed by atoms with Crippen LogP contribution in [0.1, 0.15) is 18.5 Å². The van der Waals surface area contributed by atoms with Gasteiger partial charge in [-0.2, -0.15) is 0 Å². The van der Waals surface area contributed by atoms with E-state index in [9.17, 15) is 4.79 Å². The van der Waals surface area contributed by atoms with E-state index in [1.54, 1.807) is 30.5 Å². The van der Waals surface area contributed by atoms with Gasteiger partial charge < -0.3 is 9.47 Å². The number of hydrogen-bond donors (Lipinski definition) is 0. The van der Waals surface area contributed by atoms with Crippen LogP contribution in [0.4, 0.5) is 0 Å². The molecule has 1 aromatic heterocycles. The number of nitrogens with zero attached hydrogens (tertiary/aromatic N) is 1. The summed E-state index contributed by atoms with van der Waals surface area (Å²) in [5, 5.41) is 0.667. The van der Waals surface area contributed by atoms with Crippen molar-refractivity contribution in [3.05, 3.63) is 59.4 Å². The number of carbonyl (C=O) groups is 1. The van der Waals surface area contributed by atoms with Gasteiger partial charge in [0, 0.05) is 17.6 Å². The van der Waals surface area contributed by atoms with Crippen LogP contribution in [0.15, 0.2) is 48.7 Å². The third kappa shape index (κ3) is 5.83. The summed E-state index contributed by atoms with van der Waals surface area (Å²) >= 11 is 5.78. The summed E-state index contributed by atoms with van der Waals surface area (Å²) < 4.78 is 10.6. The van der Waals surface area contributed by atoms with E-state index in [2.05, 4.69) is 4.98 Å². The SMILES string of the molecule is O=C(CCCOc1ccc(Cl)cc1)OCc1ccccn1. The van der Waals surface area contributed by atoms with Gasteiger partial charge in [0.25, 0.3) is 0 Å². The Balaban J connectivity index is 1.60. The summed E-state index contributed by atoms with van der Waals surface area (Å²) in [6.07, 6.45) is 2.59. The zero-order valence-corrected chi connectivity index (χ0v) is 12.3. The fourth-order valence-corrected chi connectivity index (χ4v) is 1.77. The smallest absolute Gasteiger partial charge is 0.306 e. The summed E-state index contributed by atoms with van der Waals surface area (Å²) in [6, 6.07) is 12.6. The number of carbonyl (C=O) groups excluding carboxylic acids is 1. The molecule has 0 atom stereocenters. The summed E-state index contributed by atoms with van der Waals surface area (Å²) in [7, 11) is 0. The molecule has 5 heteroatoms. The van der Waals surface area contributed by atoms with E-state index in [0.717, 1.165) is 11.4 Å². The van der Waals surface area contributed by atoms with Crippen LogP contribution in [0.2, 0.25) is 5.02 Å². The third-order valence-electron chi connectivity index (χ3n) is 2.71. The maximum absolute atomic E-state index is 11.5. The summed E-state index contributed by atoms with van der Waals surface area (Å²) in [6.45, 7) is 0.665. The average molecular weight is 306 g/mol. The molecule has 2 rings (SSSR count). The van der Waals surface area contributed by atoms with Crippen LogP contribution in [0.5, 0.6) is 5.75 Å². The van der Waals surface area contributed by atoms with Gasteiger partial charge in [-0.1, -0.05) is 17.7 Å². The number of esters is 1. The molecule has 21 heavy (non-hydrogen) atoms. The molecule has 0 bridgehead atoms. The maximum atomic E-state index is 11.5. The Hall–Kier alpha value is -2.07. The Labute approximate surface area is 128 Å². The lowest BCUT2D eigenvalue weighted by Crippen LogP contribution is -2.07. The first-order valence-corrected chi connectivity index (χ1v) is 7.06. The molecule has 0 aliphatic rings. The number of aromatic nitrogens is 1. The van der Waals surface area contributed by atoms with E-state index in [1.807, 2.05) is 18.2 Å². The predicted octanol–water partition coefficient (Wildman–Crippen LogP) is 3.64. The van der Waals surface area contributed by atoms with Crippen molar-refractivity contribution in [2.45, 2.75) is 19.4 Å². The highest BCUT2D eigenvalue weighted by Gasteiger charge is 2.04. The van der Waals surface area contributed by atoms with Gasteiger partial charge in [0.1, 0.15) is 12.4 Å². The zero-order valence-electron chi connectivity index (χ0n) is 11.5. The monoisotopic (exact) mass is 305 g/mol. The fourth-order valence-electron chi connectivity index (χ4n) is 1.65. The number of rotatable bonds is 7. The molecular weight excluding hydrogens is 290 g/mol. The maximum Gasteiger partial charge on any atom is 0.306 e. The lowest BCUT2D eigenvalue weighted by molar-refractivity contribution is -0.145. The number of hydrogen-bond acceptors (Lipinski definition) is 4. The molecule has 110 valence electrons. The molecule has 2 aromatic rings. The molecule has 4 nitrogen and oxygen atoms in total. The first-order valence-electron chi connectivity index (χ1n) is 6.68. The molecule has 0 fully saturated rings. The van der Waals surface area contributed by atoms with Gasteiger partial charge in [-0.15, -0.1) is 0 Å². The number of halogens is 1. The van der Waals surface area contributed by atoms with E-state index in [4.69, 9.17) is 21.1 Å². The van der Waals surface area contributed by atoms with Gasteiger partial charge in [0.2, 0.25) is 0 Å². The standard InChI is InChI=1S/C16H16ClNO3/c17-13-6-8-15(9-7-13)20-11-3-5-16(19)21-12-14-4-1-2-10-18-14/h1-2,4,6-10H,3,5,11-12H2. The highest BCUT2D eigenvalue weighted by molar-refractivity contribution is 6.30. The van der Waals surface area contributed by atoms with Crippen molar-refractivity contribution in [3.8, 4) is 5.75 Å². The first kappa shape index (κ1) is 15.3. The van der Waals surface area contributed by atoms with E-state index >= 15 is 0 Å². The van der Waals surface area contributed by atoms with Crippen LogP contribution in [-0.4, -0.2) is 17.6 Å². The van der Waals surface area contributed by atoms with Crippen LogP contribution >= 0.6 is 11.6 Å². The lowest BCUT2D eigenvalue weighted by Gasteiger charge is -2.06. The van der Waals surface area contributed by atoms with Gasteiger partial charge in [0.05, 0.1) is 12.3 Å². The molecule has 0 aliphatic heterocycles. The summed E-state index contributed by atoms with van der Waals surface area (Å²) in [5.74, 6) is 0.488. The normalized spacial score (nSPS) is 10.1. The highest BCUT2D eigenvalue weighted by atomic mass is 35.5. The summed E-state index contributed by atoms with van der Waals surface area (Å²) in [5.41, 5.74) is 0.739. The Morgan fingerprint density at radius 3 is 2.67 bits per heavy atom. The van der Waals surface area contributed by atoms with Gasteiger partial charge >= 0.3 is 5.97 Å². The Morgan fingerprint density at radius 2 is 1.95 bits per heavy atom. The molecule has 0 unspecified atom stereocenters. The minimum atomic E-state index is -0.250. The molecule has 1 aromatic carbocycles. The minimum Gasteiger partial charge on any atom is -0.494 e. The molecular formula is C16H16ClNO3. The van der Waals surface area contributed by atoms with Gasteiger partial charge in [-0.25, -0.2) is 0 Å². The minimum absolute atomic E-state index is 0.206. The predicted molar refractivity (Wildman–Crippen MR) is 80.2 cm³/mol. The fraction of sp³-hybridized carbons (Fsp3) is 0.250. The van der Waals surface area contributed by atoms with Gasteiger partial charge in [-0.05, 0) is 42.8 Å².